The second kappa shape index (κ2) is 5.58. The number of hydrogen-bond acceptors (Lipinski definition) is 4. The van der Waals surface area contributed by atoms with Crippen molar-refractivity contribution in [3.05, 3.63) is 36.7 Å². The van der Waals surface area contributed by atoms with Crippen LogP contribution in [0, 0.1) is 0 Å². The largest absolute Gasteiger partial charge is 0.352 e. The number of nitrogens with one attached hydrogen (secondary N) is 1. The first kappa shape index (κ1) is 14.4. The number of aryl methyl sites for hydroxylation is 1. The van der Waals surface area contributed by atoms with E-state index in [1.165, 1.54) is 18.3 Å². The third-order valence-electron chi connectivity index (χ3n) is 2.66. The highest BCUT2D eigenvalue weighted by molar-refractivity contribution is 7.91. The van der Waals surface area contributed by atoms with Crippen LogP contribution >= 0.6 is 0 Å². The van der Waals surface area contributed by atoms with Crippen molar-refractivity contribution < 1.29 is 17.2 Å². The highest BCUT2D eigenvalue weighted by atomic mass is 32.2. The number of halogens is 2. The molecule has 0 aliphatic carbocycles. The number of alkyl halides is 2. The maximum Gasteiger partial charge on any atom is 0.341 e. The van der Waals surface area contributed by atoms with Gasteiger partial charge < -0.3 is 5.32 Å². The predicted octanol–water partition coefficient (Wildman–Crippen LogP) is 2.64. The van der Waals surface area contributed by atoms with Crippen LogP contribution < -0.4 is 5.32 Å². The summed E-state index contributed by atoms with van der Waals surface area (Å²) < 4.78 is 50.1. The molecule has 0 unspecified atom stereocenters. The van der Waals surface area contributed by atoms with E-state index in [0.29, 0.717) is 12.2 Å². The van der Waals surface area contributed by atoms with Crippen LogP contribution in [0.4, 0.5) is 20.2 Å². The molecule has 0 bridgehead atoms. The molecule has 1 aromatic carbocycles. The maximum absolute atomic E-state index is 12.6. The maximum atomic E-state index is 12.6. The van der Waals surface area contributed by atoms with Crippen LogP contribution in [0.5, 0.6) is 0 Å². The molecule has 8 heteroatoms. The Balaban J connectivity index is 2.38. The lowest BCUT2D eigenvalue weighted by atomic mass is 10.3. The van der Waals surface area contributed by atoms with Gasteiger partial charge in [0, 0.05) is 12.7 Å². The van der Waals surface area contributed by atoms with Crippen LogP contribution in [0.2, 0.25) is 0 Å². The molecule has 0 atom stereocenters. The van der Waals surface area contributed by atoms with Gasteiger partial charge in [0.05, 0.1) is 22.5 Å². The fourth-order valence-electron chi connectivity index (χ4n) is 1.67. The van der Waals surface area contributed by atoms with E-state index < -0.39 is 20.5 Å². The summed E-state index contributed by atoms with van der Waals surface area (Å²) in [5.74, 6) is -3.45. The fraction of sp³-hybridized carbons (Fsp3) is 0.250. The average molecular weight is 301 g/mol. The molecule has 0 saturated heterocycles. The molecule has 0 saturated carbocycles. The summed E-state index contributed by atoms with van der Waals surface area (Å²) >= 11 is 0. The van der Waals surface area contributed by atoms with Crippen LogP contribution in [0.15, 0.2) is 41.6 Å². The van der Waals surface area contributed by atoms with E-state index in [4.69, 9.17) is 0 Å². The first-order chi connectivity index (χ1) is 9.45. The number of anilines is 2. The Hall–Kier alpha value is -1.96. The van der Waals surface area contributed by atoms with Gasteiger partial charge in [-0.1, -0.05) is 12.1 Å². The number of rotatable bonds is 5. The molecule has 2 aromatic rings. The normalized spacial score (nSPS) is 11.8. The minimum Gasteiger partial charge on any atom is -0.352 e. The van der Waals surface area contributed by atoms with Gasteiger partial charge in [0.25, 0.3) is 0 Å². The number of hydrogen-bond donors (Lipinski definition) is 1. The lowest BCUT2D eigenvalue weighted by Gasteiger charge is -2.10. The summed E-state index contributed by atoms with van der Waals surface area (Å²) in [5.41, 5.74) is 0.632. The van der Waals surface area contributed by atoms with Crippen LogP contribution in [0.25, 0.3) is 0 Å². The Morgan fingerprint density at radius 1 is 1.35 bits per heavy atom. The zero-order chi connectivity index (χ0) is 14.8. The van der Waals surface area contributed by atoms with Gasteiger partial charge >= 0.3 is 5.76 Å². The molecule has 0 aliphatic heterocycles. The van der Waals surface area contributed by atoms with Crippen molar-refractivity contribution in [2.45, 2.75) is 24.1 Å². The summed E-state index contributed by atoms with van der Waals surface area (Å²) in [7, 11) is -4.65. The number of benzene rings is 1. The third kappa shape index (κ3) is 2.79. The minimum absolute atomic E-state index is 0.100. The van der Waals surface area contributed by atoms with Crippen molar-refractivity contribution >= 4 is 21.2 Å². The molecule has 2 rings (SSSR count). The van der Waals surface area contributed by atoms with Crippen molar-refractivity contribution in [2.24, 2.45) is 0 Å². The van der Waals surface area contributed by atoms with Crippen LogP contribution in [-0.4, -0.2) is 24.0 Å². The number of para-hydroxylation sites is 1. The van der Waals surface area contributed by atoms with Crippen LogP contribution in [-0.2, 0) is 16.4 Å². The van der Waals surface area contributed by atoms with Gasteiger partial charge in [0.1, 0.15) is 0 Å². The van der Waals surface area contributed by atoms with Crippen LogP contribution in [0.1, 0.15) is 6.92 Å². The van der Waals surface area contributed by atoms with Gasteiger partial charge in [0.15, 0.2) is 0 Å². The highest BCUT2D eigenvalue weighted by Gasteiger charge is 2.29. The summed E-state index contributed by atoms with van der Waals surface area (Å²) in [5, 5.41) is 6.81. The summed E-state index contributed by atoms with van der Waals surface area (Å²) in [6, 6.07) is 5.54. The van der Waals surface area contributed by atoms with E-state index in [9.17, 15) is 17.2 Å². The summed E-state index contributed by atoms with van der Waals surface area (Å²) in [4.78, 5) is -0.431. The van der Waals surface area contributed by atoms with E-state index in [1.807, 2.05) is 6.92 Å². The lowest BCUT2D eigenvalue weighted by Crippen LogP contribution is -2.13. The van der Waals surface area contributed by atoms with Gasteiger partial charge in [-0.25, -0.2) is 8.42 Å². The molecule has 1 heterocycles. The Kier molecular flexibility index (Phi) is 4.03. The zero-order valence-electron chi connectivity index (χ0n) is 10.6. The molecular weight excluding hydrogens is 288 g/mol. The molecule has 108 valence electrons. The Bertz CT molecular complexity index is 698. The lowest BCUT2D eigenvalue weighted by molar-refractivity contribution is 0.235. The Morgan fingerprint density at radius 3 is 2.65 bits per heavy atom. The van der Waals surface area contributed by atoms with Crippen molar-refractivity contribution in [1.82, 2.24) is 9.78 Å². The first-order valence-corrected chi connectivity index (χ1v) is 7.40. The molecular formula is C12H13F2N3O2S. The second-order valence-electron chi connectivity index (χ2n) is 4.01. The number of aromatic nitrogens is 2. The Morgan fingerprint density at radius 2 is 2.05 bits per heavy atom. The topological polar surface area (TPSA) is 64.0 Å². The fourth-order valence-corrected chi connectivity index (χ4v) is 2.56. The van der Waals surface area contributed by atoms with Gasteiger partial charge in [-0.15, -0.1) is 0 Å². The predicted molar refractivity (Wildman–Crippen MR) is 70.8 cm³/mol. The first-order valence-electron chi connectivity index (χ1n) is 5.85. The van der Waals surface area contributed by atoms with E-state index in [-0.39, 0.29) is 5.69 Å². The van der Waals surface area contributed by atoms with Gasteiger partial charge in [-0.05, 0) is 19.1 Å². The van der Waals surface area contributed by atoms with Crippen molar-refractivity contribution in [3.8, 4) is 0 Å². The number of sulfone groups is 1. The average Bonchev–Trinajstić information content (AvgIpc) is 2.86. The smallest absolute Gasteiger partial charge is 0.341 e. The van der Waals surface area contributed by atoms with Crippen molar-refractivity contribution in [2.75, 3.05) is 5.32 Å². The van der Waals surface area contributed by atoms with Gasteiger partial charge in [-0.3, -0.25) is 4.68 Å². The van der Waals surface area contributed by atoms with Crippen LogP contribution in [0.3, 0.4) is 0 Å². The second-order valence-corrected chi connectivity index (χ2v) is 5.90. The van der Waals surface area contributed by atoms with E-state index >= 15 is 0 Å². The third-order valence-corrected chi connectivity index (χ3v) is 4.10. The number of nitrogens with zero attached hydrogens (tertiary/aromatic N) is 2. The monoisotopic (exact) mass is 301 g/mol. The standard InChI is InChI=1S/C12H13F2N3O2S/c1-2-17-8-9(7-15-17)16-10-5-3-4-6-11(10)20(18,19)12(13)14/h3-8,12,16H,2H2,1H3. The summed E-state index contributed by atoms with van der Waals surface area (Å²) in [6.07, 6.45) is 3.15. The van der Waals surface area contributed by atoms with Gasteiger partial charge in [0.2, 0.25) is 9.84 Å². The minimum atomic E-state index is -4.65. The molecule has 1 N–H and O–H groups in total. The SMILES string of the molecule is CCn1cc(Nc2ccccc2S(=O)(=O)C(F)F)cn1. The van der Waals surface area contributed by atoms with Crippen molar-refractivity contribution in [1.29, 1.82) is 0 Å². The molecule has 0 spiro atoms. The van der Waals surface area contributed by atoms with E-state index in [0.717, 1.165) is 6.07 Å². The molecule has 1 aromatic heterocycles. The Labute approximate surface area is 115 Å². The van der Waals surface area contributed by atoms with E-state index in [1.54, 1.807) is 16.9 Å². The molecule has 0 aliphatic rings. The highest BCUT2D eigenvalue weighted by Crippen LogP contribution is 2.28. The van der Waals surface area contributed by atoms with Crippen molar-refractivity contribution in [3.63, 3.8) is 0 Å². The van der Waals surface area contributed by atoms with Gasteiger partial charge in [-0.2, -0.15) is 13.9 Å². The molecule has 5 nitrogen and oxygen atoms in total. The molecule has 0 fully saturated rings. The quantitative estimate of drug-likeness (QED) is 0.922. The molecule has 0 radical (unpaired) electrons. The zero-order valence-corrected chi connectivity index (χ0v) is 11.4. The summed E-state index contributed by atoms with van der Waals surface area (Å²) in [6.45, 7) is 2.55. The molecule has 20 heavy (non-hydrogen) atoms. The van der Waals surface area contributed by atoms with E-state index in [2.05, 4.69) is 10.4 Å². The molecule has 0 amide bonds.